The Balaban J connectivity index is 2.19. The number of carbonyl (C=O) groups excluding carboxylic acids is 1. The molecule has 0 N–H and O–H groups in total. The molecule has 2 aromatic rings. The minimum absolute atomic E-state index is 0.194. The van der Waals surface area contributed by atoms with Crippen LogP contribution in [-0.2, 0) is 19.4 Å². The van der Waals surface area contributed by atoms with Crippen LogP contribution in [0.25, 0.3) is 5.57 Å². The maximum absolute atomic E-state index is 13.3. The van der Waals surface area contributed by atoms with Gasteiger partial charge in [-0.25, -0.2) is 17.6 Å². The minimum Gasteiger partial charge on any atom is -0.456 e. The van der Waals surface area contributed by atoms with Gasteiger partial charge in [-0.2, -0.15) is 0 Å². The maximum atomic E-state index is 13.3. The molecule has 6 heteroatoms. The van der Waals surface area contributed by atoms with E-state index in [-0.39, 0.29) is 10.7 Å². The number of benzene rings is 2. The molecular weight excluding hydrogens is 355 g/mol. The highest BCUT2D eigenvalue weighted by Gasteiger charge is 2.37. The third-order valence-corrected chi connectivity index (χ3v) is 5.35. The van der Waals surface area contributed by atoms with Crippen LogP contribution in [0, 0.1) is 5.82 Å². The lowest BCUT2D eigenvalue weighted by Gasteiger charge is -2.14. The number of halogens is 1. The molecule has 0 spiro atoms. The molecule has 0 radical (unpaired) electrons. The van der Waals surface area contributed by atoms with Crippen molar-refractivity contribution in [3.8, 4) is 0 Å². The van der Waals surface area contributed by atoms with Crippen LogP contribution in [-0.4, -0.2) is 26.2 Å². The van der Waals surface area contributed by atoms with Crippen molar-refractivity contribution >= 4 is 21.4 Å². The van der Waals surface area contributed by atoms with E-state index in [1.165, 1.54) is 24.3 Å². The monoisotopic (exact) mass is 374 g/mol. The molecule has 0 unspecified atom stereocenters. The van der Waals surface area contributed by atoms with Crippen LogP contribution in [0.15, 0.2) is 59.0 Å². The molecule has 1 fully saturated rings. The molecule has 1 aliphatic rings. The van der Waals surface area contributed by atoms with Gasteiger partial charge in [-0.3, -0.25) is 0 Å². The second-order valence-electron chi connectivity index (χ2n) is 6.98. The largest absolute Gasteiger partial charge is 0.456 e. The average Bonchev–Trinajstić information content (AvgIpc) is 2.82. The summed E-state index contributed by atoms with van der Waals surface area (Å²) in [6, 6.07) is 12.2. The Morgan fingerprint density at radius 1 is 1.00 bits per heavy atom. The minimum atomic E-state index is -3.32. The maximum Gasteiger partial charge on any atom is 0.335 e. The third-order valence-electron chi connectivity index (χ3n) is 4.22. The van der Waals surface area contributed by atoms with Gasteiger partial charge in [0.15, 0.2) is 9.84 Å². The van der Waals surface area contributed by atoms with E-state index in [0.29, 0.717) is 28.7 Å². The summed E-state index contributed by atoms with van der Waals surface area (Å²) >= 11 is 0. The average molecular weight is 374 g/mol. The first-order valence-electron chi connectivity index (χ1n) is 8.10. The van der Waals surface area contributed by atoms with Crippen LogP contribution in [0.5, 0.6) is 0 Å². The lowest BCUT2D eigenvalue weighted by Crippen LogP contribution is -2.17. The molecule has 1 saturated heterocycles. The molecule has 0 saturated carbocycles. The molecular formula is C20H19FO4S. The molecule has 2 aromatic carbocycles. The van der Waals surface area contributed by atoms with Crippen LogP contribution in [0.3, 0.4) is 0 Å². The molecule has 0 bridgehead atoms. The van der Waals surface area contributed by atoms with Gasteiger partial charge in [-0.15, -0.1) is 0 Å². The van der Waals surface area contributed by atoms with Crippen molar-refractivity contribution < 1.29 is 22.3 Å². The van der Waals surface area contributed by atoms with E-state index in [4.69, 9.17) is 4.74 Å². The summed E-state index contributed by atoms with van der Waals surface area (Å²) in [7, 11) is -3.32. The van der Waals surface area contributed by atoms with Crippen LogP contribution in [0.4, 0.5) is 4.39 Å². The van der Waals surface area contributed by atoms with Gasteiger partial charge < -0.3 is 4.74 Å². The fourth-order valence-electron chi connectivity index (χ4n) is 3.04. The molecule has 3 rings (SSSR count). The topological polar surface area (TPSA) is 60.4 Å². The molecule has 4 nitrogen and oxygen atoms in total. The normalized spacial score (nSPS) is 18.5. The molecule has 136 valence electrons. The van der Waals surface area contributed by atoms with Gasteiger partial charge in [0.25, 0.3) is 0 Å². The molecule has 26 heavy (non-hydrogen) atoms. The Bertz CT molecular complexity index is 985. The van der Waals surface area contributed by atoms with Crippen molar-refractivity contribution in [1.29, 1.82) is 0 Å². The Labute approximate surface area is 152 Å². The van der Waals surface area contributed by atoms with Crippen molar-refractivity contribution in [2.24, 2.45) is 0 Å². The second kappa shape index (κ2) is 6.36. The Morgan fingerprint density at radius 3 is 1.92 bits per heavy atom. The van der Waals surface area contributed by atoms with E-state index >= 15 is 0 Å². The summed E-state index contributed by atoms with van der Waals surface area (Å²) in [5, 5.41) is 0. The molecule has 1 aliphatic heterocycles. The number of esters is 1. The molecule has 0 atom stereocenters. The molecule has 0 aliphatic carbocycles. The van der Waals surface area contributed by atoms with E-state index in [0.717, 1.165) is 6.26 Å². The number of hydrogen-bond donors (Lipinski definition) is 0. The number of ether oxygens (including phenoxy) is 1. The number of carbonyl (C=O) groups is 1. The number of sulfone groups is 1. The highest BCUT2D eigenvalue weighted by molar-refractivity contribution is 7.90. The van der Waals surface area contributed by atoms with Crippen LogP contribution in [0.2, 0.25) is 0 Å². The van der Waals surface area contributed by atoms with E-state index in [1.807, 2.05) is 13.8 Å². The highest BCUT2D eigenvalue weighted by atomic mass is 32.2. The number of hydrogen-bond acceptors (Lipinski definition) is 4. The first-order valence-corrected chi connectivity index (χ1v) is 9.99. The fraction of sp³-hybridized carbons (Fsp3) is 0.250. The first kappa shape index (κ1) is 18.3. The van der Waals surface area contributed by atoms with Gasteiger partial charge in [0.1, 0.15) is 11.4 Å². The first-order chi connectivity index (χ1) is 12.1. The second-order valence-corrected chi connectivity index (χ2v) is 9.00. The van der Waals surface area contributed by atoms with Gasteiger partial charge in [0, 0.05) is 18.2 Å². The smallest absolute Gasteiger partial charge is 0.335 e. The molecule has 0 amide bonds. The van der Waals surface area contributed by atoms with Gasteiger partial charge >= 0.3 is 5.97 Å². The fourth-order valence-corrected chi connectivity index (χ4v) is 3.67. The van der Waals surface area contributed by atoms with Gasteiger partial charge in [-0.05, 0) is 54.8 Å². The Morgan fingerprint density at radius 2 is 1.50 bits per heavy atom. The summed E-state index contributed by atoms with van der Waals surface area (Å²) < 4.78 is 42.1. The van der Waals surface area contributed by atoms with Crippen molar-refractivity contribution in [2.45, 2.75) is 30.8 Å². The van der Waals surface area contributed by atoms with Gasteiger partial charge in [0.2, 0.25) is 0 Å². The quantitative estimate of drug-likeness (QED) is 0.606. The summed E-state index contributed by atoms with van der Waals surface area (Å²) in [5.74, 6) is -0.790. The Kier molecular flexibility index (Phi) is 4.48. The van der Waals surface area contributed by atoms with E-state index in [2.05, 4.69) is 0 Å². The van der Waals surface area contributed by atoms with Crippen molar-refractivity contribution in [3.05, 3.63) is 71.0 Å². The third kappa shape index (κ3) is 3.70. The van der Waals surface area contributed by atoms with Crippen molar-refractivity contribution in [1.82, 2.24) is 0 Å². The summed E-state index contributed by atoms with van der Waals surface area (Å²) in [6.07, 6.45) is 1.55. The number of rotatable bonds is 3. The standard InChI is InChI=1S/C20H19FO4S/c1-20(2)12-17(19(22)25-20)18(13-4-8-15(21)9-5-13)14-6-10-16(11-7-14)26(3,23)24/h4-11H,12H2,1-3H3/b18-17-. The highest BCUT2D eigenvalue weighted by Crippen LogP contribution is 2.38. The molecule has 0 aromatic heterocycles. The summed E-state index contributed by atoms with van der Waals surface area (Å²) in [4.78, 5) is 12.6. The predicted molar refractivity (Wildman–Crippen MR) is 96.8 cm³/mol. The van der Waals surface area contributed by atoms with Crippen LogP contribution in [0.1, 0.15) is 31.4 Å². The zero-order valence-electron chi connectivity index (χ0n) is 14.7. The van der Waals surface area contributed by atoms with Crippen LogP contribution >= 0.6 is 0 Å². The van der Waals surface area contributed by atoms with E-state index < -0.39 is 21.4 Å². The van der Waals surface area contributed by atoms with Crippen molar-refractivity contribution in [2.75, 3.05) is 6.26 Å². The van der Waals surface area contributed by atoms with Gasteiger partial charge in [0.05, 0.1) is 4.90 Å². The zero-order valence-corrected chi connectivity index (χ0v) is 15.6. The SMILES string of the molecule is CC1(C)C/C(=C(\c2ccc(F)cc2)c2ccc(S(C)(=O)=O)cc2)C(=O)O1. The lowest BCUT2D eigenvalue weighted by atomic mass is 9.89. The van der Waals surface area contributed by atoms with E-state index in [1.54, 1.807) is 24.3 Å². The molecule has 1 heterocycles. The van der Waals surface area contributed by atoms with E-state index in [9.17, 15) is 17.6 Å². The van der Waals surface area contributed by atoms with Crippen molar-refractivity contribution in [3.63, 3.8) is 0 Å². The summed E-state index contributed by atoms with van der Waals surface area (Å²) in [6.45, 7) is 3.65. The predicted octanol–water partition coefficient (Wildman–Crippen LogP) is 3.76. The van der Waals surface area contributed by atoms with Gasteiger partial charge in [-0.1, -0.05) is 24.3 Å². The Hall–Kier alpha value is -2.47. The zero-order chi connectivity index (χ0) is 19.1. The number of cyclic esters (lactones) is 1. The van der Waals surface area contributed by atoms with Crippen LogP contribution < -0.4 is 0 Å². The lowest BCUT2D eigenvalue weighted by molar-refractivity contribution is -0.143. The summed E-state index contributed by atoms with van der Waals surface area (Å²) in [5.41, 5.74) is 1.84.